The molecule has 1 aliphatic rings. The van der Waals surface area contributed by atoms with E-state index in [2.05, 4.69) is 16.0 Å². The van der Waals surface area contributed by atoms with Gasteiger partial charge in [0.1, 0.15) is 12.4 Å². The Labute approximate surface area is 176 Å². The smallest absolute Gasteiger partial charge is 0.243 e. The molecule has 0 radical (unpaired) electrons. The van der Waals surface area contributed by atoms with E-state index in [-0.39, 0.29) is 17.6 Å². The molecule has 2 amide bonds. The van der Waals surface area contributed by atoms with Crippen LogP contribution in [0.2, 0.25) is 0 Å². The molecular formula is C23H27N3O4. The van der Waals surface area contributed by atoms with Gasteiger partial charge in [-0.05, 0) is 37.6 Å². The Balaban J connectivity index is 1.72. The first kappa shape index (κ1) is 21.7. The molecule has 1 saturated heterocycles. The second-order valence-electron chi connectivity index (χ2n) is 7.36. The Morgan fingerprint density at radius 1 is 1.10 bits per heavy atom. The molecule has 2 aromatic carbocycles. The summed E-state index contributed by atoms with van der Waals surface area (Å²) in [5.41, 5.74) is 3.47. The molecule has 158 valence electrons. The summed E-state index contributed by atoms with van der Waals surface area (Å²) in [5, 5.41) is 8.61. The van der Waals surface area contributed by atoms with Gasteiger partial charge in [-0.25, -0.2) is 0 Å². The molecule has 7 heteroatoms. The average molecular weight is 409 g/mol. The predicted molar refractivity (Wildman–Crippen MR) is 113 cm³/mol. The van der Waals surface area contributed by atoms with Crippen molar-refractivity contribution in [3.8, 4) is 5.75 Å². The fourth-order valence-electron chi connectivity index (χ4n) is 3.45. The molecule has 1 fully saturated rings. The highest BCUT2D eigenvalue weighted by molar-refractivity contribution is 6.00. The fourth-order valence-corrected chi connectivity index (χ4v) is 3.45. The van der Waals surface area contributed by atoms with Crippen molar-refractivity contribution >= 4 is 17.6 Å². The number of Topliss-reactive ketones (excluding diaryl/α,β-unsaturated/α-hetero) is 1. The van der Waals surface area contributed by atoms with Gasteiger partial charge in [0, 0.05) is 30.6 Å². The second-order valence-corrected chi connectivity index (χ2v) is 7.36. The number of ketones is 1. The van der Waals surface area contributed by atoms with E-state index >= 15 is 0 Å². The number of benzene rings is 2. The van der Waals surface area contributed by atoms with E-state index < -0.39 is 6.04 Å². The molecule has 30 heavy (non-hydrogen) atoms. The summed E-state index contributed by atoms with van der Waals surface area (Å²) in [6.45, 7) is 2.97. The van der Waals surface area contributed by atoms with Crippen LogP contribution in [0.3, 0.4) is 0 Å². The summed E-state index contributed by atoms with van der Waals surface area (Å²) in [6.07, 6.45) is 0.729. The Kier molecular flexibility index (Phi) is 7.32. The number of carbonyl (C=O) groups is 3. The normalized spacial score (nSPS) is 16.3. The van der Waals surface area contributed by atoms with Crippen LogP contribution in [-0.4, -0.2) is 30.7 Å². The van der Waals surface area contributed by atoms with Crippen molar-refractivity contribution in [1.82, 2.24) is 16.0 Å². The zero-order valence-corrected chi connectivity index (χ0v) is 17.3. The molecule has 0 aliphatic carbocycles. The summed E-state index contributed by atoms with van der Waals surface area (Å²) in [4.78, 5) is 35.5. The Morgan fingerprint density at radius 2 is 1.83 bits per heavy atom. The lowest BCUT2D eigenvalue weighted by Gasteiger charge is -2.23. The lowest BCUT2D eigenvalue weighted by atomic mass is 10.0. The minimum absolute atomic E-state index is 0.0723. The van der Waals surface area contributed by atoms with Crippen molar-refractivity contribution in [2.24, 2.45) is 0 Å². The van der Waals surface area contributed by atoms with Crippen molar-refractivity contribution in [3.63, 3.8) is 0 Å². The van der Waals surface area contributed by atoms with Gasteiger partial charge in [0.2, 0.25) is 11.8 Å². The lowest BCUT2D eigenvalue weighted by molar-refractivity contribution is -0.134. The standard InChI is InChI=1S/C23H27N3O4/c1-15(27)18-4-3-5-21(30-14-17-8-6-16(7-9-17)12-24-2)19(18)13-25-20-10-11-22(28)26-23(20)29/h3-9,20,24-25H,10-14H2,1-2H3,(H,26,28,29). The minimum atomic E-state index is -0.477. The zero-order chi connectivity index (χ0) is 21.5. The minimum Gasteiger partial charge on any atom is -0.489 e. The summed E-state index contributed by atoms with van der Waals surface area (Å²) in [7, 11) is 1.91. The topological polar surface area (TPSA) is 96.5 Å². The first-order valence-electron chi connectivity index (χ1n) is 10.0. The quantitative estimate of drug-likeness (QED) is 0.434. The summed E-state index contributed by atoms with van der Waals surface area (Å²) in [6, 6.07) is 13.0. The molecule has 3 N–H and O–H groups in total. The number of hydrogen-bond donors (Lipinski definition) is 3. The van der Waals surface area contributed by atoms with Gasteiger partial charge in [0.05, 0.1) is 6.04 Å². The van der Waals surface area contributed by atoms with Crippen molar-refractivity contribution in [1.29, 1.82) is 0 Å². The lowest BCUT2D eigenvalue weighted by Crippen LogP contribution is -2.50. The van der Waals surface area contributed by atoms with E-state index in [1.165, 1.54) is 12.5 Å². The van der Waals surface area contributed by atoms with E-state index in [0.29, 0.717) is 42.9 Å². The largest absolute Gasteiger partial charge is 0.489 e. The summed E-state index contributed by atoms with van der Waals surface area (Å²) < 4.78 is 6.04. The highest BCUT2D eigenvalue weighted by atomic mass is 16.5. The van der Waals surface area contributed by atoms with Gasteiger partial charge in [-0.2, -0.15) is 0 Å². The Hall–Kier alpha value is -3.03. The van der Waals surface area contributed by atoms with Crippen LogP contribution < -0.4 is 20.7 Å². The molecule has 7 nitrogen and oxygen atoms in total. The van der Waals surface area contributed by atoms with E-state index in [1.54, 1.807) is 12.1 Å². The van der Waals surface area contributed by atoms with Gasteiger partial charge in [0.15, 0.2) is 5.78 Å². The molecule has 1 atom stereocenters. The van der Waals surface area contributed by atoms with Crippen LogP contribution in [-0.2, 0) is 29.3 Å². The number of hydrogen-bond acceptors (Lipinski definition) is 6. The van der Waals surface area contributed by atoms with Crippen LogP contribution in [0.15, 0.2) is 42.5 Å². The molecule has 0 bridgehead atoms. The van der Waals surface area contributed by atoms with Crippen molar-refractivity contribution < 1.29 is 19.1 Å². The first-order chi connectivity index (χ1) is 14.5. The van der Waals surface area contributed by atoms with Crippen LogP contribution in [0.25, 0.3) is 0 Å². The number of nitrogens with one attached hydrogen (secondary N) is 3. The number of amides is 2. The van der Waals surface area contributed by atoms with Crippen LogP contribution in [0.1, 0.15) is 46.8 Å². The van der Waals surface area contributed by atoms with Crippen molar-refractivity contribution in [2.75, 3.05) is 7.05 Å². The maximum atomic E-state index is 12.1. The third kappa shape index (κ3) is 5.52. The zero-order valence-electron chi connectivity index (χ0n) is 17.3. The SMILES string of the molecule is CNCc1ccc(COc2cccc(C(C)=O)c2CNC2CCC(=O)NC2=O)cc1. The van der Waals surface area contributed by atoms with Crippen LogP contribution in [0.4, 0.5) is 0 Å². The van der Waals surface area contributed by atoms with Crippen molar-refractivity contribution in [3.05, 3.63) is 64.7 Å². The molecule has 1 aliphatic heterocycles. The molecule has 2 aromatic rings. The van der Waals surface area contributed by atoms with Gasteiger partial charge >= 0.3 is 0 Å². The molecule has 0 saturated carbocycles. The Bertz CT molecular complexity index is 925. The number of rotatable bonds is 9. The molecule has 3 rings (SSSR count). The molecule has 1 heterocycles. The van der Waals surface area contributed by atoms with Gasteiger partial charge in [-0.15, -0.1) is 0 Å². The van der Waals surface area contributed by atoms with Crippen LogP contribution in [0, 0.1) is 0 Å². The summed E-state index contributed by atoms with van der Waals surface area (Å²) >= 11 is 0. The number of piperidine rings is 1. The van der Waals surface area contributed by atoms with Gasteiger partial charge in [0.25, 0.3) is 0 Å². The van der Waals surface area contributed by atoms with Gasteiger partial charge < -0.3 is 15.4 Å². The van der Waals surface area contributed by atoms with Gasteiger partial charge in [-0.1, -0.05) is 36.4 Å². The third-order valence-electron chi connectivity index (χ3n) is 5.07. The fraction of sp³-hybridized carbons (Fsp3) is 0.348. The molecule has 0 aromatic heterocycles. The average Bonchev–Trinajstić information content (AvgIpc) is 2.73. The number of ether oxygens (including phenoxy) is 1. The monoisotopic (exact) mass is 409 g/mol. The maximum absolute atomic E-state index is 12.1. The molecule has 1 unspecified atom stereocenters. The van der Waals surface area contributed by atoms with Crippen molar-refractivity contribution in [2.45, 2.75) is 45.5 Å². The van der Waals surface area contributed by atoms with E-state index in [1.807, 2.05) is 37.4 Å². The van der Waals surface area contributed by atoms with Gasteiger partial charge in [-0.3, -0.25) is 19.7 Å². The number of carbonyl (C=O) groups excluding carboxylic acids is 3. The maximum Gasteiger partial charge on any atom is 0.243 e. The highest BCUT2D eigenvalue weighted by Crippen LogP contribution is 2.25. The molecule has 0 spiro atoms. The van der Waals surface area contributed by atoms with E-state index in [0.717, 1.165) is 12.1 Å². The van der Waals surface area contributed by atoms with Crippen LogP contribution in [0.5, 0.6) is 5.75 Å². The third-order valence-corrected chi connectivity index (χ3v) is 5.07. The van der Waals surface area contributed by atoms with Crippen LogP contribution >= 0.6 is 0 Å². The highest BCUT2D eigenvalue weighted by Gasteiger charge is 2.26. The molecular weight excluding hydrogens is 382 g/mol. The summed E-state index contributed by atoms with van der Waals surface area (Å²) in [5.74, 6) is -0.0682. The number of imide groups is 1. The van der Waals surface area contributed by atoms with E-state index in [4.69, 9.17) is 4.74 Å². The first-order valence-corrected chi connectivity index (χ1v) is 10.0. The van der Waals surface area contributed by atoms with E-state index in [9.17, 15) is 14.4 Å². The second kappa shape index (κ2) is 10.1. The predicted octanol–water partition coefficient (Wildman–Crippen LogP) is 2.08. The Morgan fingerprint density at radius 3 is 2.50 bits per heavy atom.